The van der Waals surface area contributed by atoms with Crippen molar-refractivity contribution in [2.75, 3.05) is 45.3 Å². The molecule has 1 aliphatic heterocycles. The van der Waals surface area contributed by atoms with Gasteiger partial charge in [0.25, 0.3) is 5.91 Å². The maximum Gasteiger partial charge on any atom is 0.268 e. The Bertz CT molecular complexity index is 1150. The van der Waals surface area contributed by atoms with Crippen LogP contribution in [0.2, 0.25) is 0 Å². The molecular formula is C25H30N4O4. The number of aromatic nitrogens is 1. The highest BCUT2D eigenvalue weighted by Crippen LogP contribution is 2.24. The van der Waals surface area contributed by atoms with Gasteiger partial charge in [0.05, 0.1) is 14.2 Å². The fourth-order valence-electron chi connectivity index (χ4n) is 4.26. The molecule has 3 aromatic rings. The minimum atomic E-state index is -0.613. The van der Waals surface area contributed by atoms with Gasteiger partial charge in [0, 0.05) is 49.8 Å². The van der Waals surface area contributed by atoms with Crippen molar-refractivity contribution >= 4 is 28.4 Å². The fourth-order valence-corrected chi connectivity index (χ4v) is 4.26. The SMILES string of the molecule is COc1ccc(N2CCN(C(=O)[C@@H](C)NC(=O)c3cc4cc(OC)ccc4n3C)CC2)cc1. The van der Waals surface area contributed by atoms with E-state index in [-0.39, 0.29) is 11.8 Å². The standard InChI is InChI=1S/C25H30N4O4/c1-17(26-24(30)23-16-18-15-21(33-4)9-10-22(18)27(23)2)25(31)29-13-11-28(12-14-29)19-5-7-20(32-3)8-6-19/h5-10,15-17H,11-14H2,1-4H3,(H,26,30)/t17-/m1/s1. The summed E-state index contributed by atoms with van der Waals surface area (Å²) in [6.07, 6.45) is 0. The Morgan fingerprint density at radius 1 is 0.909 bits per heavy atom. The van der Waals surface area contributed by atoms with Crippen LogP contribution in [0.5, 0.6) is 11.5 Å². The van der Waals surface area contributed by atoms with Crippen molar-refractivity contribution in [3.8, 4) is 11.5 Å². The molecule has 1 saturated heterocycles. The molecule has 1 N–H and O–H groups in total. The Labute approximate surface area is 193 Å². The number of carbonyl (C=O) groups excluding carboxylic acids is 2. The average molecular weight is 451 g/mol. The van der Waals surface area contributed by atoms with Crippen LogP contribution in [-0.4, -0.2) is 67.7 Å². The van der Waals surface area contributed by atoms with Gasteiger partial charge in [-0.2, -0.15) is 0 Å². The first-order valence-electron chi connectivity index (χ1n) is 11.0. The summed E-state index contributed by atoms with van der Waals surface area (Å²) in [5.41, 5.74) is 2.54. The van der Waals surface area contributed by atoms with E-state index in [4.69, 9.17) is 9.47 Å². The number of amides is 2. The van der Waals surface area contributed by atoms with Gasteiger partial charge in [-0.3, -0.25) is 9.59 Å². The van der Waals surface area contributed by atoms with Gasteiger partial charge in [0.15, 0.2) is 0 Å². The van der Waals surface area contributed by atoms with Crippen molar-refractivity contribution in [2.45, 2.75) is 13.0 Å². The normalized spacial score (nSPS) is 14.8. The summed E-state index contributed by atoms with van der Waals surface area (Å²) in [5, 5.41) is 3.78. The van der Waals surface area contributed by atoms with E-state index in [9.17, 15) is 9.59 Å². The molecule has 174 valence electrons. The molecule has 33 heavy (non-hydrogen) atoms. The van der Waals surface area contributed by atoms with Gasteiger partial charge in [-0.15, -0.1) is 0 Å². The van der Waals surface area contributed by atoms with Crippen molar-refractivity contribution in [2.24, 2.45) is 7.05 Å². The molecule has 2 aromatic carbocycles. The summed E-state index contributed by atoms with van der Waals surface area (Å²) in [6, 6.07) is 14.8. The molecule has 2 heterocycles. The lowest BCUT2D eigenvalue weighted by Gasteiger charge is -2.37. The van der Waals surface area contributed by atoms with E-state index < -0.39 is 6.04 Å². The minimum Gasteiger partial charge on any atom is -0.497 e. The second kappa shape index (κ2) is 9.44. The number of aryl methyl sites for hydroxylation is 1. The van der Waals surface area contributed by atoms with Gasteiger partial charge >= 0.3 is 0 Å². The third kappa shape index (κ3) is 4.60. The summed E-state index contributed by atoms with van der Waals surface area (Å²) < 4.78 is 12.3. The number of fused-ring (bicyclic) bond motifs is 1. The number of carbonyl (C=O) groups is 2. The predicted molar refractivity (Wildman–Crippen MR) is 128 cm³/mol. The topological polar surface area (TPSA) is 76.0 Å². The molecule has 8 nitrogen and oxygen atoms in total. The number of ether oxygens (including phenoxy) is 2. The fraction of sp³-hybridized carbons (Fsp3) is 0.360. The highest BCUT2D eigenvalue weighted by molar-refractivity contribution is 6.01. The molecule has 2 amide bonds. The average Bonchev–Trinajstić information content (AvgIpc) is 3.19. The zero-order valence-electron chi connectivity index (χ0n) is 19.5. The molecule has 1 fully saturated rings. The van der Waals surface area contributed by atoms with Crippen LogP contribution in [0.4, 0.5) is 5.69 Å². The zero-order valence-corrected chi connectivity index (χ0v) is 19.5. The number of anilines is 1. The lowest BCUT2D eigenvalue weighted by Crippen LogP contribution is -2.54. The van der Waals surface area contributed by atoms with Crippen LogP contribution in [0, 0.1) is 0 Å². The number of hydrogen-bond acceptors (Lipinski definition) is 5. The summed E-state index contributed by atoms with van der Waals surface area (Å²) in [6.45, 7) is 4.44. The van der Waals surface area contributed by atoms with E-state index in [1.807, 2.05) is 65.0 Å². The van der Waals surface area contributed by atoms with Crippen LogP contribution in [-0.2, 0) is 11.8 Å². The van der Waals surface area contributed by atoms with Gasteiger partial charge in [-0.1, -0.05) is 0 Å². The number of hydrogen-bond donors (Lipinski definition) is 1. The van der Waals surface area contributed by atoms with Crippen LogP contribution < -0.4 is 19.7 Å². The highest BCUT2D eigenvalue weighted by Gasteiger charge is 2.27. The molecule has 4 rings (SSSR count). The first kappa shape index (κ1) is 22.5. The van der Waals surface area contributed by atoms with Crippen molar-refractivity contribution in [3.05, 3.63) is 54.2 Å². The van der Waals surface area contributed by atoms with E-state index in [2.05, 4.69) is 10.2 Å². The molecule has 0 aliphatic carbocycles. The summed E-state index contributed by atoms with van der Waals surface area (Å²) in [7, 11) is 5.10. The second-order valence-electron chi connectivity index (χ2n) is 8.22. The van der Waals surface area contributed by atoms with E-state index in [1.54, 1.807) is 21.1 Å². The first-order valence-corrected chi connectivity index (χ1v) is 11.0. The third-order valence-corrected chi connectivity index (χ3v) is 6.23. The maximum atomic E-state index is 13.0. The predicted octanol–water partition coefficient (Wildman–Crippen LogP) is 2.66. The van der Waals surface area contributed by atoms with Crippen LogP contribution in [0.25, 0.3) is 10.9 Å². The van der Waals surface area contributed by atoms with Crippen molar-refractivity contribution in [1.82, 2.24) is 14.8 Å². The summed E-state index contributed by atoms with van der Waals surface area (Å²) >= 11 is 0. The second-order valence-corrected chi connectivity index (χ2v) is 8.22. The summed E-state index contributed by atoms with van der Waals surface area (Å²) in [5.74, 6) is 1.21. The smallest absolute Gasteiger partial charge is 0.268 e. The lowest BCUT2D eigenvalue weighted by molar-refractivity contribution is -0.133. The molecule has 1 aliphatic rings. The molecular weight excluding hydrogens is 420 g/mol. The van der Waals surface area contributed by atoms with Crippen molar-refractivity contribution in [3.63, 3.8) is 0 Å². The lowest BCUT2D eigenvalue weighted by atomic mass is 10.2. The van der Waals surface area contributed by atoms with Crippen molar-refractivity contribution in [1.29, 1.82) is 0 Å². The van der Waals surface area contributed by atoms with Crippen LogP contribution in [0.1, 0.15) is 17.4 Å². The van der Waals surface area contributed by atoms with E-state index in [0.717, 1.165) is 41.2 Å². The number of piperazine rings is 1. The van der Waals surface area contributed by atoms with Crippen LogP contribution in [0.3, 0.4) is 0 Å². The van der Waals surface area contributed by atoms with Gasteiger partial charge in [0.2, 0.25) is 5.91 Å². The van der Waals surface area contributed by atoms with Crippen LogP contribution in [0.15, 0.2) is 48.5 Å². The molecule has 1 aromatic heterocycles. The quantitative estimate of drug-likeness (QED) is 0.625. The van der Waals surface area contributed by atoms with E-state index in [1.165, 1.54) is 0 Å². The Morgan fingerprint density at radius 3 is 2.18 bits per heavy atom. The number of rotatable bonds is 6. The Morgan fingerprint density at radius 2 is 1.55 bits per heavy atom. The number of benzene rings is 2. The molecule has 1 atom stereocenters. The number of methoxy groups -OCH3 is 2. The third-order valence-electron chi connectivity index (χ3n) is 6.23. The molecule has 0 bridgehead atoms. The highest BCUT2D eigenvalue weighted by atomic mass is 16.5. The van der Waals surface area contributed by atoms with E-state index >= 15 is 0 Å². The largest absolute Gasteiger partial charge is 0.497 e. The Kier molecular flexibility index (Phi) is 6.44. The Balaban J connectivity index is 1.36. The van der Waals surface area contributed by atoms with E-state index in [0.29, 0.717) is 18.8 Å². The van der Waals surface area contributed by atoms with Gasteiger partial charge in [-0.05, 0) is 55.5 Å². The molecule has 0 saturated carbocycles. The molecule has 0 unspecified atom stereocenters. The maximum absolute atomic E-state index is 13.0. The minimum absolute atomic E-state index is 0.0711. The zero-order chi connectivity index (χ0) is 23.5. The van der Waals surface area contributed by atoms with Gasteiger partial charge in [0.1, 0.15) is 23.2 Å². The summed E-state index contributed by atoms with van der Waals surface area (Å²) in [4.78, 5) is 30.0. The number of nitrogens with zero attached hydrogens (tertiary/aromatic N) is 3. The van der Waals surface area contributed by atoms with Crippen molar-refractivity contribution < 1.29 is 19.1 Å². The van der Waals surface area contributed by atoms with Gasteiger partial charge < -0.3 is 29.2 Å². The molecule has 8 heteroatoms. The van der Waals surface area contributed by atoms with Gasteiger partial charge in [-0.25, -0.2) is 0 Å². The number of nitrogens with one attached hydrogen (secondary N) is 1. The first-order chi connectivity index (χ1) is 15.9. The monoisotopic (exact) mass is 450 g/mol. The Hall–Kier alpha value is -3.68. The molecule has 0 radical (unpaired) electrons. The molecule has 0 spiro atoms. The van der Waals surface area contributed by atoms with Crippen LogP contribution >= 0.6 is 0 Å².